The molecule has 0 aromatic carbocycles. The molecule has 1 aromatic rings. The average molecular weight is 259 g/mol. The van der Waals surface area contributed by atoms with Crippen molar-refractivity contribution in [2.24, 2.45) is 5.92 Å². The van der Waals surface area contributed by atoms with Gasteiger partial charge in [-0.3, -0.25) is 4.79 Å². The van der Waals surface area contributed by atoms with E-state index in [1.165, 1.54) is 6.92 Å². The van der Waals surface area contributed by atoms with Crippen LogP contribution in [0.25, 0.3) is 0 Å². The first kappa shape index (κ1) is 13.9. The van der Waals surface area contributed by atoms with Crippen LogP contribution < -0.4 is 0 Å². The molecule has 0 aliphatic heterocycles. The molecule has 0 aliphatic rings. The van der Waals surface area contributed by atoms with E-state index in [4.69, 9.17) is 4.42 Å². The van der Waals surface area contributed by atoms with Crippen LogP contribution in [0.15, 0.2) is 15.4 Å². The minimum absolute atomic E-state index is 0.0344. The van der Waals surface area contributed by atoms with Gasteiger partial charge in [0.05, 0.1) is 4.90 Å². The lowest BCUT2D eigenvalue weighted by atomic mass is 10.1. The number of furan rings is 1. The first-order valence-corrected chi connectivity index (χ1v) is 6.72. The summed E-state index contributed by atoms with van der Waals surface area (Å²) in [6, 6.07) is 1.01. The van der Waals surface area contributed by atoms with E-state index in [9.17, 15) is 17.8 Å². The average Bonchev–Trinajstić information content (AvgIpc) is 2.56. The van der Waals surface area contributed by atoms with Crippen molar-refractivity contribution in [3.8, 4) is 0 Å². The highest BCUT2D eigenvalue weighted by molar-refractivity contribution is 7.85. The number of aryl methyl sites for hydroxylation is 1. The molecule has 17 heavy (non-hydrogen) atoms. The highest BCUT2D eigenvalue weighted by Crippen LogP contribution is 2.21. The molecule has 6 heteroatoms. The Labute approximate surface area is 101 Å². The standard InChI is InChI=1S/C11H16O5S/c1-7(2)4-5-9(12)10-6-11(8(3)16-10)17(13,14)15/h6-7H,4-5H2,1-3H3,(H,13,14,15)/p-1. The Balaban J connectivity index is 2.91. The van der Waals surface area contributed by atoms with Crippen LogP contribution in [0, 0.1) is 12.8 Å². The van der Waals surface area contributed by atoms with Gasteiger partial charge in [-0.15, -0.1) is 0 Å². The number of ketones is 1. The zero-order valence-electron chi connectivity index (χ0n) is 10.0. The quantitative estimate of drug-likeness (QED) is 0.597. The molecule has 0 atom stereocenters. The SMILES string of the molecule is Cc1oc(C(=O)CCC(C)C)cc1S(=O)(=O)[O-]. The van der Waals surface area contributed by atoms with Crippen molar-refractivity contribution in [2.75, 3.05) is 0 Å². The van der Waals surface area contributed by atoms with Gasteiger partial charge in [0.1, 0.15) is 15.9 Å². The predicted molar refractivity (Wildman–Crippen MR) is 59.8 cm³/mol. The summed E-state index contributed by atoms with van der Waals surface area (Å²) < 4.78 is 37.5. The second-order valence-corrected chi connectivity index (χ2v) is 5.69. The molecule has 1 heterocycles. The number of hydrogen-bond donors (Lipinski definition) is 0. The molecule has 0 aliphatic carbocycles. The minimum Gasteiger partial charge on any atom is -0.744 e. The molecule has 0 unspecified atom stereocenters. The molecule has 0 saturated carbocycles. The lowest BCUT2D eigenvalue weighted by Crippen LogP contribution is -2.00. The Hall–Kier alpha value is -1.14. The molecule has 5 nitrogen and oxygen atoms in total. The maximum absolute atomic E-state index is 11.7. The van der Waals surface area contributed by atoms with Crippen LogP contribution in [0.1, 0.15) is 43.0 Å². The van der Waals surface area contributed by atoms with Gasteiger partial charge in [0, 0.05) is 12.5 Å². The van der Waals surface area contributed by atoms with Crippen molar-refractivity contribution in [1.29, 1.82) is 0 Å². The molecule has 0 fully saturated rings. The molecule has 0 N–H and O–H groups in total. The number of Topliss-reactive ketones (excluding diaryl/α,β-unsaturated/α-hetero) is 1. The molecular weight excluding hydrogens is 244 g/mol. The van der Waals surface area contributed by atoms with Crippen molar-refractivity contribution in [1.82, 2.24) is 0 Å². The van der Waals surface area contributed by atoms with E-state index in [1.807, 2.05) is 13.8 Å². The lowest BCUT2D eigenvalue weighted by Gasteiger charge is -2.02. The van der Waals surface area contributed by atoms with Crippen molar-refractivity contribution >= 4 is 15.9 Å². The third-order valence-corrected chi connectivity index (χ3v) is 3.31. The Morgan fingerprint density at radius 3 is 2.47 bits per heavy atom. The molecule has 1 rings (SSSR count). The van der Waals surface area contributed by atoms with Crippen molar-refractivity contribution in [2.45, 2.75) is 38.5 Å². The highest BCUT2D eigenvalue weighted by atomic mass is 32.2. The molecule has 0 saturated heterocycles. The monoisotopic (exact) mass is 259 g/mol. The van der Waals surface area contributed by atoms with Crippen LogP contribution in [0.4, 0.5) is 0 Å². The zero-order chi connectivity index (χ0) is 13.2. The van der Waals surface area contributed by atoms with E-state index in [2.05, 4.69) is 0 Å². The van der Waals surface area contributed by atoms with Crippen molar-refractivity contribution in [3.05, 3.63) is 17.6 Å². The molecule has 0 spiro atoms. The second kappa shape index (κ2) is 5.01. The van der Waals surface area contributed by atoms with E-state index in [0.29, 0.717) is 12.3 Å². The molecule has 0 radical (unpaired) electrons. The number of carbonyl (C=O) groups is 1. The second-order valence-electron chi connectivity index (χ2n) is 4.34. The fraction of sp³-hybridized carbons (Fsp3) is 0.545. The van der Waals surface area contributed by atoms with Gasteiger partial charge in [0.2, 0.25) is 0 Å². The summed E-state index contributed by atoms with van der Waals surface area (Å²) in [4.78, 5) is 11.2. The summed E-state index contributed by atoms with van der Waals surface area (Å²) in [5.41, 5.74) is 0. The third-order valence-electron chi connectivity index (χ3n) is 2.37. The predicted octanol–water partition coefficient (Wildman–Crippen LogP) is 2.11. The maximum Gasteiger partial charge on any atom is 0.198 e. The van der Waals surface area contributed by atoms with Crippen LogP contribution in [0.5, 0.6) is 0 Å². The van der Waals surface area contributed by atoms with Crippen molar-refractivity contribution in [3.63, 3.8) is 0 Å². The number of carbonyl (C=O) groups excluding carboxylic acids is 1. The van der Waals surface area contributed by atoms with Gasteiger partial charge in [0.15, 0.2) is 11.5 Å². The van der Waals surface area contributed by atoms with Crippen molar-refractivity contribution < 1.29 is 22.2 Å². The summed E-state index contributed by atoms with van der Waals surface area (Å²) in [5, 5.41) is 0. The van der Waals surface area contributed by atoms with E-state index in [1.54, 1.807) is 0 Å². The first-order chi connectivity index (χ1) is 7.71. The molecular formula is C11H15O5S-. The number of rotatable bonds is 5. The smallest absolute Gasteiger partial charge is 0.198 e. The van der Waals surface area contributed by atoms with Gasteiger partial charge in [-0.2, -0.15) is 0 Å². The van der Waals surface area contributed by atoms with Crippen LogP contribution in [-0.4, -0.2) is 18.8 Å². The van der Waals surface area contributed by atoms with Gasteiger partial charge in [0.25, 0.3) is 0 Å². The minimum atomic E-state index is -4.57. The fourth-order valence-electron chi connectivity index (χ4n) is 1.39. The highest BCUT2D eigenvalue weighted by Gasteiger charge is 2.17. The topological polar surface area (TPSA) is 87.4 Å². The number of hydrogen-bond acceptors (Lipinski definition) is 5. The first-order valence-electron chi connectivity index (χ1n) is 5.31. The lowest BCUT2D eigenvalue weighted by molar-refractivity contribution is 0.0947. The van der Waals surface area contributed by atoms with Crippen LogP contribution in [0.3, 0.4) is 0 Å². The largest absolute Gasteiger partial charge is 0.744 e. The Morgan fingerprint density at radius 2 is 2.06 bits per heavy atom. The van der Waals surface area contributed by atoms with E-state index in [-0.39, 0.29) is 23.7 Å². The summed E-state index contributed by atoms with van der Waals surface area (Å²) >= 11 is 0. The third kappa shape index (κ3) is 3.67. The maximum atomic E-state index is 11.7. The normalized spacial score (nSPS) is 12.1. The summed E-state index contributed by atoms with van der Waals surface area (Å²) in [6.07, 6.45) is 0.973. The Kier molecular flexibility index (Phi) is 4.11. The van der Waals surface area contributed by atoms with E-state index < -0.39 is 15.0 Å². The molecule has 96 valence electrons. The molecule has 0 bridgehead atoms. The summed E-state index contributed by atoms with van der Waals surface area (Å²) in [5.74, 6) is -0.0000994. The summed E-state index contributed by atoms with van der Waals surface area (Å²) in [6.45, 7) is 5.31. The van der Waals surface area contributed by atoms with Gasteiger partial charge in [-0.05, 0) is 19.3 Å². The Morgan fingerprint density at radius 1 is 1.47 bits per heavy atom. The molecule has 1 aromatic heterocycles. The van der Waals surface area contributed by atoms with Crippen LogP contribution >= 0.6 is 0 Å². The van der Waals surface area contributed by atoms with Gasteiger partial charge >= 0.3 is 0 Å². The summed E-state index contributed by atoms with van der Waals surface area (Å²) in [7, 11) is -4.57. The van der Waals surface area contributed by atoms with E-state index in [0.717, 1.165) is 6.07 Å². The van der Waals surface area contributed by atoms with E-state index >= 15 is 0 Å². The van der Waals surface area contributed by atoms with Gasteiger partial charge in [-0.1, -0.05) is 13.8 Å². The zero-order valence-corrected chi connectivity index (χ0v) is 10.8. The van der Waals surface area contributed by atoms with Crippen LogP contribution in [0.2, 0.25) is 0 Å². The van der Waals surface area contributed by atoms with Gasteiger partial charge < -0.3 is 8.97 Å². The van der Waals surface area contributed by atoms with Gasteiger partial charge in [-0.25, -0.2) is 8.42 Å². The molecule has 0 amide bonds. The fourth-order valence-corrected chi connectivity index (χ4v) is 2.04. The van der Waals surface area contributed by atoms with Crippen LogP contribution in [-0.2, 0) is 10.1 Å². The Bertz CT molecular complexity index is 510.